The molecule has 0 bridgehead atoms. The standard InChI is InChI=1S/C13H15NO3/c1-7-4-12-10(5-9(7)13(16)17)11(8(2)15)6-14(12)3/h4-6,8,15H,1-3H3,(H,16,17). The van der Waals surface area contributed by atoms with Crippen LogP contribution in [-0.4, -0.2) is 20.7 Å². The lowest BCUT2D eigenvalue weighted by atomic mass is 10.0. The quantitative estimate of drug-likeness (QED) is 0.836. The van der Waals surface area contributed by atoms with Gasteiger partial charge in [0.25, 0.3) is 0 Å². The smallest absolute Gasteiger partial charge is 0.335 e. The number of hydrogen-bond donors (Lipinski definition) is 2. The molecule has 1 aromatic carbocycles. The summed E-state index contributed by atoms with van der Waals surface area (Å²) in [5, 5.41) is 19.6. The van der Waals surface area contributed by atoms with Gasteiger partial charge in [0.15, 0.2) is 0 Å². The first-order valence-corrected chi connectivity index (χ1v) is 5.42. The number of aromatic nitrogens is 1. The van der Waals surface area contributed by atoms with Crippen molar-refractivity contribution in [1.29, 1.82) is 0 Å². The molecule has 0 spiro atoms. The molecular weight excluding hydrogens is 218 g/mol. The summed E-state index contributed by atoms with van der Waals surface area (Å²) in [5.41, 5.74) is 2.70. The second-order valence-electron chi connectivity index (χ2n) is 4.36. The third kappa shape index (κ3) is 1.80. The number of aryl methyl sites for hydroxylation is 2. The van der Waals surface area contributed by atoms with Crippen LogP contribution in [0.15, 0.2) is 18.3 Å². The van der Waals surface area contributed by atoms with Gasteiger partial charge in [0.1, 0.15) is 0 Å². The number of rotatable bonds is 2. The summed E-state index contributed by atoms with van der Waals surface area (Å²) in [4.78, 5) is 11.1. The molecule has 0 radical (unpaired) electrons. The van der Waals surface area contributed by atoms with Gasteiger partial charge in [0.05, 0.1) is 11.7 Å². The van der Waals surface area contributed by atoms with Crippen LogP contribution in [0.5, 0.6) is 0 Å². The fraction of sp³-hybridized carbons (Fsp3) is 0.308. The zero-order chi connectivity index (χ0) is 12.7. The van der Waals surface area contributed by atoms with Crippen molar-refractivity contribution in [2.75, 3.05) is 0 Å². The minimum atomic E-state index is -0.940. The zero-order valence-electron chi connectivity index (χ0n) is 10.1. The molecule has 1 unspecified atom stereocenters. The van der Waals surface area contributed by atoms with Crippen LogP contribution in [-0.2, 0) is 7.05 Å². The molecular formula is C13H15NO3. The van der Waals surface area contributed by atoms with Crippen LogP contribution in [0.4, 0.5) is 0 Å². The van der Waals surface area contributed by atoms with Crippen molar-refractivity contribution in [2.24, 2.45) is 7.05 Å². The highest BCUT2D eigenvalue weighted by Gasteiger charge is 2.15. The first kappa shape index (κ1) is 11.7. The maximum absolute atomic E-state index is 11.1. The van der Waals surface area contributed by atoms with Gasteiger partial charge in [0, 0.05) is 29.7 Å². The topological polar surface area (TPSA) is 62.5 Å². The van der Waals surface area contributed by atoms with Gasteiger partial charge in [0.2, 0.25) is 0 Å². The van der Waals surface area contributed by atoms with Crippen molar-refractivity contribution < 1.29 is 15.0 Å². The number of aliphatic hydroxyl groups excluding tert-OH is 1. The van der Waals surface area contributed by atoms with Crippen molar-refractivity contribution in [3.8, 4) is 0 Å². The van der Waals surface area contributed by atoms with E-state index in [2.05, 4.69) is 0 Å². The summed E-state index contributed by atoms with van der Waals surface area (Å²) in [5.74, 6) is -0.940. The molecule has 0 fully saturated rings. The molecule has 1 heterocycles. The van der Waals surface area contributed by atoms with Crippen molar-refractivity contribution >= 4 is 16.9 Å². The molecule has 2 rings (SSSR count). The molecule has 4 heteroatoms. The molecule has 1 atom stereocenters. The highest BCUT2D eigenvalue weighted by molar-refractivity contribution is 5.96. The lowest BCUT2D eigenvalue weighted by Crippen LogP contribution is -2.00. The molecule has 0 saturated heterocycles. The SMILES string of the molecule is Cc1cc2c(cc1C(=O)O)c(C(C)O)cn2C. The number of nitrogens with zero attached hydrogens (tertiary/aromatic N) is 1. The van der Waals surface area contributed by atoms with E-state index < -0.39 is 12.1 Å². The molecule has 0 aliphatic rings. The zero-order valence-corrected chi connectivity index (χ0v) is 10.1. The Labute approximate surface area is 99.1 Å². The van der Waals surface area contributed by atoms with E-state index in [1.165, 1.54) is 0 Å². The summed E-state index contributed by atoms with van der Waals surface area (Å²) in [6.07, 6.45) is 1.23. The fourth-order valence-corrected chi connectivity index (χ4v) is 2.13. The lowest BCUT2D eigenvalue weighted by molar-refractivity contribution is 0.0696. The molecule has 17 heavy (non-hydrogen) atoms. The Morgan fingerprint density at radius 1 is 1.41 bits per heavy atom. The lowest BCUT2D eigenvalue weighted by Gasteiger charge is -2.05. The third-order valence-electron chi connectivity index (χ3n) is 3.05. The number of aliphatic hydroxyl groups is 1. The maximum Gasteiger partial charge on any atom is 0.335 e. The number of carboxylic acids is 1. The monoisotopic (exact) mass is 233 g/mol. The Balaban J connectivity index is 2.82. The largest absolute Gasteiger partial charge is 0.478 e. The molecule has 0 aliphatic heterocycles. The van der Waals surface area contributed by atoms with Crippen LogP contribution in [0.3, 0.4) is 0 Å². The van der Waals surface area contributed by atoms with Crippen molar-refractivity contribution in [2.45, 2.75) is 20.0 Å². The molecule has 0 amide bonds. The number of carbonyl (C=O) groups is 1. The van der Waals surface area contributed by atoms with E-state index in [-0.39, 0.29) is 5.56 Å². The van der Waals surface area contributed by atoms with E-state index in [0.717, 1.165) is 22.0 Å². The Morgan fingerprint density at radius 3 is 2.59 bits per heavy atom. The van der Waals surface area contributed by atoms with E-state index >= 15 is 0 Å². The Bertz CT molecular complexity index is 596. The molecule has 2 aromatic rings. The van der Waals surface area contributed by atoms with Crippen LogP contribution in [0.1, 0.15) is 34.5 Å². The predicted octanol–water partition coefficient (Wildman–Crippen LogP) is 2.24. The van der Waals surface area contributed by atoms with E-state index in [1.807, 2.05) is 23.9 Å². The number of fused-ring (bicyclic) bond motifs is 1. The second kappa shape index (κ2) is 3.89. The van der Waals surface area contributed by atoms with Gasteiger partial charge in [-0.05, 0) is 31.5 Å². The summed E-state index contributed by atoms with van der Waals surface area (Å²) >= 11 is 0. The molecule has 2 N–H and O–H groups in total. The molecule has 0 saturated carbocycles. The van der Waals surface area contributed by atoms with Crippen LogP contribution in [0, 0.1) is 6.92 Å². The maximum atomic E-state index is 11.1. The van der Waals surface area contributed by atoms with Gasteiger partial charge < -0.3 is 14.8 Å². The van der Waals surface area contributed by atoms with E-state index in [1.54, 1.807) is 19.9 Å². The van der Waals surface area contributed by atoms with Gasteiger partial charge in [-0.1, -0.05) is 0 Å². The predicted molar refractivity (Wildman–Crippen MR) is 65.2 cm³/mol. The molecule has 4 nitrogen and oxygen atoms in total. The minimum Gasteiger partial charge on any atom is -0.478 e. The third-order valence-corrected chi connectivity index (χ3v) is 3.05. The summed E-state index contributed by atoms with van der Waals surface area (Å²) in [6, 6.07) is 3.47. The Hall–Kier alpha value is -1.81. The number of hydrogen-bond acceptors (Lipinski definition) is 2. The summed E-state index contributed by atoms with van der Waals surface area (Å²) in [6.45, 7) is 3.45. The Morgan fingerprint density at radius 2 is 2.06 bits per heavy atom. The Kier molecular flexibility index (Phi) is 2.67. The van der Waals surface area contributed by atoms with Gasteiger partial charge in [-0.3, -0.25) is 0 Å². The normalized spacial score (nSPS) is 12.9. The number of benzene rings is 1. The molecule has 1 aromatic heterocycles. The average molecular weight is 233 g/mol. The van der Waals surface area contributed by atoms with Gasteiger partial charge in [-0.25, -0.2) is 4.79 Å². The highest BCUT2D eigenvalue weighted by Crippen LogP contribution is 2.28. The van der Waals surface area contributed by atoms with Crippen LogP contribution in [0.2, 0.25) is 0 Å². The van der Waals surface area contributed by atoms with Crippen molar-refractivity contribution in [3.63, 3.8) is 0 Å². The van der Waals surface area contributed by atoms with Gasteiger partial charge in [-0.2, -0.15) is 0 Å². The molecule has 0 aliphatic carbocycles. The second-order valence-corrected chi connectivity index (χ2v) is 4.36. The minimum absolute atomic E-state index is 0.283. The number of carboxylic acid groups (broad SMARTS) is 1. The van der Waals surface area contributed by atoms with E-state index in [9.17, 15) is 9.90 Å². The van der Waals surface area contributed by atoms with Crippen LogP contribution in [0.25, 0.3) is 10.9 Å². The van der Waals surface area contributed by atoms with Crippen LogP contribution < -0.4 is 0 Å². The summed E-state index contributed by atoms with van der Waals surface area (Å²) in [7, 11) is 1.88. The van der Waals surface area contributed by atoms with Crippen molar-refractivity contribution in [3.05, 3.63) is 35.0 Å². The summed E-state index contributed by atoms with van der Waals surface area (Å²) < 4.78 is 1.90. The first-order chi connectivity index (χ1) is 7.91. The van der Waals surface area contributed by atoms with Gasteiger partial charge >= 0.3 is 5.97 Å². The van der Waals surface area contributed by atoms with Gasteiger partial charge in [-0.15, -0.1) is 0 Å². The number of aromatic carboxylic acids is 1. The van der Waals surface area contributed by atoms with Crippen molar-refractivity contribution in [1.82, 2.24) is 4.57 Å². The molecule has 90 valence electrons. The highest BCUT2D eigenvalue weighted by atomic mass is 16.4. The fourth-order valence-electron chi connectivity index (χ4n) is 2.13. The van der Waals surface area contributed by atoms with E-state index in [4.69, 9.17) is 5.11 Å². The first-order valence-electron chi connectivity index (χ1n) is 5.42. The van der Waals surface area contributed by atoms with Crippen LogP contribution >= 0.6 is 0 Å². The average Bonchev–Trinajstić information content (AvgIpc) is 2.55. The van der Waals surface area contributed by atoms with E-state index in [0.29, 0.717) is 0 Å².